The van der Waals surface area contributed by atoms with Gasteiger partial charge in [-0.2, -0.15) is 0 Å². The summed E-state index contributed by atoms with van der Waals surface area (Å²) in [6, 6.07) is -0.568. The Morgan fingerprint density at radius 2 is 2.17 bits per heavy atom. The van der Waals surface area contributed by atoms with E-state index in [1.165, 1.54) is 0 Å². The van der Waals surface area contributed by atoms with Crippen molar-refractivity contribution in [1.29, 1.82) is 0 Å². The number of ketones is 1. The third-order valence-electron chi connectivity index (χ3n) is 5.58. The Kier molecular flexibility index (Phi) is 6.94. The van der Waals surface area contributed by atoms with Crippen molar-refractivity contribution in [2.24, 2.45) is 17.6 Å². The van der Waals surface area contributed by atoms with Gasteiger partial charge in [-0.15, -0.1) is 0 Å². The van der Waals surface area contributed by atoms with Gasteiger partial charge in [0.2, 0.25) is 0 Å². The van der Waals surface area contributed by atoms with Crippen molar-refractivity contribution in [3.63, 3.8) is 0 Å². The fourth-order valence-corrected chi connectivity index (χ4v) is 4.08. The summed E-state index contributed by atoms with van der Waals surface area (Å²) in [5.41, 5.74) is 6.23. The molecule has 0 aromatic rings. The van der Waals surface area contributed by atoms with Crippen LogP contribution in [-0.2, 0) is 9.53 Å². The lowest BCUT2D eigenvalue weighted by Crippen LogP contribution is -3.20. The molecule has 2 fully saturated rings. The van der Waals surface area contributed by atoms with Crippen LogP contribution in [0.15, 0.2) is 0 Å². The van der Waals surface area contributed by atoms with Crippen LogP contribution in [0.2, 0.25) is 0 Å². The van der Waals surface area contributed by atoms with Gasteiger partial charge in [0.15, 0.2) is 5.78 Å². The molecule has 0 amide bonds. The van der Waals surface area contributed by atoms with Crippen LogP contribution < -0.4 is 15.9 Å². The maximum Gasteiger partial charge on any atom is 0.190 e. The second kappa shape index (κ2) is 8.50. The van der Waals surface area contributed by atoms with Crippen molar-refractivity contribution < 1.29 is 24.9 Å². The summed E-state index contributed by atoms with van der Waals surface area (Å²) < 4.78 is 5.55. The molecule has 2 aliphatic rings. The number of ether oxygens (including phenoxy) is 1. The number of hydrogen-bond acceptors (Lipinski definition) is 5. The zero-order valence-electron chi connectivity index (χ0n) is 14.3. The van der Waals surface area contributed by atoms with Gasteiger partial charge in [-0.05, 0) is 32.6 Å². The number of nitrogens with one attached hydrogen (secondary N) is 2. The molecule has 0 bridgehead atoms. The summed E-state index contributed by atoms with van der Waals surface area (Å²) in [5.74, 6) is 0.447. The molecule has 7 atom stereocenters. The van der Waals surface area contributed by atoms with Crippen LogP contribution in [0.3, 0.4) is 0 Å². The molecule has 1 aliphatic carbocycles. The number of hydroxylamine groups is 2. The number of likely N-dealkylation sites (tertiary alicyclic amines) is 1. The zero-order valence-corrected chi connectivity index (χ0v) is 14.3. The van der Waals surface area contributed by atoms with E-state index in [2.05, 4.69) is 6.92 Å². The molecule has 1 saturated heterocycles. The van der Waals surface area contributed by atoms with Crippen LogP contribution in [0.4, 0.5) is 0 Å². The summed E-state index contributed by atoms with van der Waals surface area (Å²) >= 11 is 0. The van der Waals surface area contributed by atoms with Gasteiger partial charge < -0.3 is 14.8 Å². The first kappa shape index (κ1) is 18.8. The van der Waals surface area contributed by atoms with Gasteiger partial charge in [0.25, 0.3) is 0 Å². The molecule has 1 heterocycles. The summed E-state index contributed by atoms with van der Waals surface area (Å²) in [7, 11) is 0. The highest BCUT2D eigenvalue weighted by molar-refractivity contribution is 5.82. The molecule has 134 valence electrons. The van der Waals surface area contributed by atoms with Gasteiger partial charge in [-0.3, -0.25) is 10.5 Å². The third-order valence-corrected chi connectivity index (χ3v) is 5.58. The molecule has 23 heavy (non-hydrogen) atoms. The minimum Gasteiger partial charge on any atom is -0.600 e. The Hall–Kier alpha value is -0.570. The standard InChI is InChI=1S/C16H31N3O4/c1-3-23-15-7-6-12(9-13(15)19(21)22)14(20)10-18-8-4-5-11(2)16(18)17/h11-13,15-16,19,21H,3-10,17H2,1-2H3/p+1. The van der Waals surface area contributed by atoms with Crippen molar-refractivity contribution in [1.82, 2.24) is 0 Å². The van der Waals surface area contributed by atoms with Crippen molar-refractivity contribution in [3.8, 4) is 0 Å². The van der Waals surface area contributed by atoms with Crippen LogP contribution in [0, 0.1) is 17.0 Å². The minimum absolute atomic E-state index is 0.0164. The highest BCUT2D eigenvalue weighted by atomic mass is 16.8. The number of nitrogens with two attached hydrogens (primary N) is 1. The number of carbonyl (C=O) groups excluding carboxylic acids is 1. The number of Topliss-reactive ketones (excluding diaryl/α,β-unsaturated/α-hetero) is 1. The van der Waals surface area contributed by atoms with Crippen LogP contribution in [0.5, 0.6) is 0 Å². The Morgan fingerprint density at radius 1 is 1.43 bits per heavy atom. The second-order valence-corrected chi connectivity index (χ2v) is 7.15. The number of rotatable bonds is 6. The number of piperidine rings is 1. The highest BCUT2D eigenvalue weighted by Gasteiger charge is 2.40. The fraction of sp³-hybridized carbons (Fsp3) is 0.938. The fourth-order valence-electron chi connectivity index (χ4n) is 4.08. The number of quaternary nitrogens is 2. The van der Waals surface area contributed by atoms with Gasteiger partial charge in [0.1, 0.15) is 24.9 Å². The average molecular weight is 330 g/mol. The molecule has 0 aromatic heterocycles. The molecule has 7 heteroatoms. The minimum atomic E-state index is -0.850. The van der Waals surface area contributed by atoms with Crippen LogP contribution in [0.1, 0.15) is 46.0 Å². The molecule has 0 radical (unpaired) electrons. The van der Waals surface area contributed by atoms with Crippen molar-refractivity contribution in [2.75, 3.05) is 19.7 Å². The first-order chi connectivity index (χ1) is 10.9. The van der Waals surface area contributed by atoms with Crippen molar-refractivity contribution >= 4 is 5.78 Å². The van der Waals surface area contributed by atoms with E-state index in [0.29, 0.717) is 31.9 Å². The molecular formula is C16H32N3O4+. The Balaban J connectivity index is 1.92. The molecular weight excluding hydrogens is 298 g/mol. The van der Waals surface area contributed by atoms with Crippen LogP contribution in [0.25, 0.3) is 0 Å². The molecule has 0 aromatic carbocycles. The largest absolute Gasteiger partial charge is 0.600 e. The number of carbonyl (C=O) groups is 1. The van der Waals surface area contributed by atoms with Gasteiger partial charge in [0, 0.05) is 24.9 Å². The van der Waals surface area contributed by atoms with E-state index in [1.54, 1.807) is 0 Å². The van der Waals surface area contributed by atoms with E-state index in [0.717, 1.165) is 30.7 Å². The lowest BCUT2D eigenvalue weighted by Gasteiger charge is -2.38. The van der Waals surface area contributed by atoms with Gasteiger partial charge in [0.05, 0.1) is 6.54 Å². The normalized spacial score (nSPS) is 39.9. The van der Waals surface area contributed by atoms with E-state index in [-0.39, 0.29) is 24.0 Å². The van der Waals surface area contributed by atoms with Crippen molar-refractivity contribution in [3.05, 3.63) is 5.21 Å². The summed E-state index contributed by atoms with van der Waals surface area (Å²) in [6.45, 7) is 5.90. The van der Waals surface area contributed by atoms with Crippen molar-refractivity contribution in [2.45, 2.75) is 64.3 Å². The second-order valence-electron chi connectivity index (χ2n) is 7.15. The predicted octanol–water partition coefficient (Wildman–Crippen LogP) is -1.50. The SMILES string of the molecule is CCOC1CCC(C(=O)C[NH+]2CCCC(C)C2N)CC1[NH+]([O-])O. The monoisotopic (exact) mass is 330 g/mol. The molecule has 0 spiro atoms. The summed E-state index contributed by atoms with van der Waals surface area (Å²) in [5, 5.41) is 20.0. The van der Waals surface area contributed by atoms with E-state index >= 15 is 0 Å². The molecule has 7 nitrogen and oxygen atoms in total. The topological polar surface area (TPSA) is 104 Å². The Bertz CT molecular complexity index is 394. The smallest absolute Gasteiger partial charge is 0.190 e. The zero-order chi connectivity index (χ0) is 17.0. The summed E-state index contributed by atoms with van der Waals surface area (Å²) in [4.78, 5) is 13.8. The maximum atomic E-state index is 12.6. The first-order valence-electron chi connectivity index (χ1n) is 8.91. The summed E-state index contributed by atoms with van der Waals surface area (Å²) in [6.07, 6.45) is 3.77. The Morgan fingerprint density at radius 3 is 2.83 bits per heavy atom. The maximum absolute atomic E-state index is 12.6. The molecule has 7 unspecified atom stereocenters. The van der Waals surface area contributed by atoms with Crippen LogP contribution in [-0.4, -0.2) is 49.0 Å². The molecule has 1 saturated carbocycles. The van der Waals surface area contributed by atoms with E-state index < -0.39 is 11.3 Å². The van der Waals surface area contributed by atoms with Gasteiger partial charge in [-0.1, -0.05) is 6.92 Å². The first-order valence-corrected chi connectivity index (χ1v) is 8.91. The number of hydrogen-bond donors (Lipinski definition) is 4. The quantitative estimate of drug-likeness (QED) is 0.444. The van der Waals surface area contributed by atoms with Crippen LogP contribution >= 0.6 is 0 Å². The van der Waals surface area contributed by atoms with Gasteiger partial charge >= 0.3 is 0 Å². The van der Waals surface area contributed by atoms with Gasteiger partial charge in [-0.25, -0.2) is 10.4 Å². The van der Waals surface area contributed by atoms with E-state index in [9.17, 15) is 15.2 Å². The lowest BCUT2D eigenvalue weighted by molar-refractivity contribution is -1.07. The molecule has 1 aliphatic heterocycles. The predicted molar refractivity (Wildman–Crippen MR) is 84.7 cm³/mol. The third kappa shape index (κ3) is 4.71. The van der Waals surface area contributed by atoms with E-state index in [4.69, 9.17) is 10.5 Å². The average Bonchev–Trinajstić information content (AvgIpc) is 2.52. The Labute approximate surface area is 138 Å². The van der Waals surface area contributed by atoms with E-state index in [1.807, 2.05) is 6.92 Å². The molecule has 2 rings (SSSR count). The highest BCUT2D eigenvalue weighted by Crippen LogP contribution is 2.26. The lowest BCUT2D eigenvalue weighted by atomic mass is 9.81. The molecule has 5 N–H and O–H groups in total.